The molecule has 7 heteroatoms. The van der Waals surface area contributed by atoms with Gasteiger partial charge in [-0.2, -0.15) is 5.26 Å². The first kappa shape index (κ1) is 14.4. The molecule has 0 saturated heterocycles. The molecule has 18 heavy (non-hydrogen) atoms. The van der Waals surface area contributed by atoms with Crippen LogP contribution in [0.3, 0.4) is 0 Å². The van der Waals surface area contributed by atoms with Crippen LogP contribution >= 0.6 is 23.4 Å². The number of carboxylic acids is 1. The van der Waals surface area contributed by atoms with Crippen molar-refractivity contribution in [3.05, 3.63) is 28.8 Å². The molecule has 1 aromatic rings. The van der Waals surface area contributed by atoms with Gasteiger partial charge in [-0.05, 0) is 12.1 Å². The van der Waals surface area contributed by atoms with Crippen molar-refractivity contribution in [1.82, 2.24) is 0 Å². The van der Waals surface area contributed by atoms with E-state index in [1.54, 1.807) is 0 Å². The van der Waals surface area contributed by atoms with Gasteiger partial charge in [-0.1, -0.05) is 17.7 Å². The van der Waals surface area contributed by atoms with Gasteiger partial charge in [0, 0.05) is 0 Å². The number of nitrogens with zero attached hydrogens (tertiary/aromatic N) is 1. The highest BCUT2D eigenvalue weighted by atomic mass is 35.5. The zero-order valence-corrected chi connectivity index (χ0v) is 10.7. The standard InChI is InChI=1S/C11H9ClN2O3S/c12-8-3-1-2-7(11(16)17)10(8)14-9(15)6-18-5-4-13/h1-3H,5-6H2,(H,14,15)(H,16,17). The summed E-state index contributed by atoms with van der Waals surface area (Å²) in [5.41, 5.74) is 0.00959. The third-order valence-electron chi connectivity index (χ3n) is 1.91. The highest BCUT2D eigenvalue weighted by Crippen LogP contribution is 2.26. The number of hydrogen-bond donors (Lipinski definition) is 2. The average Bonchev–Trinajstić information content (AvgIpc) is 2.31. The fourth-order valence-corrected chi connectivity index (χ4v) is 1.87. The quantitative estimate of drug-likeness (QED) is 0.809. The summed E-state index contributed by atoms with van der Waals surface area (Å²) in [7, 11) is 0. The number of aromatic carboxylic acids is 1. The lowest BCUT2D eigenvalue weighted by molar-refractivity contribution is -0.113. The van der Waals surface area contributed by atoms with Crippen molar-refractivity contribution in [3.8, 4) is 6.07 Å². The number of carboxylic acid groups (broad SMARTS) is 1. The minimum Gasteiger partial charge on any atom is -0.478 e. The average molecular weight is 285 g/mol. The number of hydrogen-bond acceptors (Lipinski definition) is 4. The lowest BCUT2D eigenvalue weighted by atomic mass is 10.2. The molecule has 94 valence electrons. The van der Waals surface area contributed by atoms with Gasteiger partial charge in [-0.15, -0.1) is 11.8 Å². The van der Waals surface area contributed by atoms with Crippen LogP contribution in [0, 0.1) is 11.3 Å². The molecule has 0 atom stereocenters. The van der Waals surface area contributed by atoms with Gasteiger partial charge in [-0.3, -0.25) is 4.79 Å². The normalized spacial score (nSPS) is 9.56. The van der Waals surface area contributed by atoms with Crippen molar-refractivity contribution in [3.63, 3.8) is 0 Å². The van der Waals surface area contributed by atoms with Crippen LogP contribution in [-0.4, -0.2) is 28.5 Å². The molecule has 5 nitrogen and oxygen atoms in total. The molecule has 1 rings (SSSR count). The number of amides is 1. The van der Waals surface area contributed by atoms with E-state index in [4.69, 9.17) is 22.0 Å². The van der Waals surface area contributed by atoms with Crippen molar-refractivity contribution in [1.29, 1.82) is 5.26 Å². The molecule has 2 N–H and O–H groups in total. The maximum Gasteiger partial charge on any atom is 0.337 e. The van der Waals surface area contributed by atoms with Gasteiger partial charge in [0.2, 0.25) is 5.91 Å². The van der Waals surface area contributed by atoms with Gasteiger partial charge in [0.05, 0.1) is 33.8 Å². The number of benzene rings is 1. The fraction of sp³-hybridized carbons (Fsp3) is 0.182. The molecule has 0 unspecified atom stereocenters. The van der Waals surface area contributed by atoms with Crippen LogP contribution in [0.4, 0.5) is 5.69 Å². The van der Waals surface area contributed by atoms with Gasteiger partial charge >= 0.3 is 5.97 Å². The van der Waals surface area contributed by atoms with Gasteiger partial charge in [0.15, 0.2) is 0 Å². The monoisotopic (exact) mass is 284 g/mol. The van der Waals surface area contributed by atoms with Crippen LogP contribution in [0.25, 0.3) is 0 Å². The molecule has 0 aliphatic carbocycles. The zero-order chi connectivity index (χ0) is 13.5. The molecule has 0 heterocycles. The Kier molecular flexibility index (Phi) is 5.49. The molecule has 0 saturated carbocycles. The summed E-state index contributed by atoms with van der Waals surface area (Å²) in [6.45, 7) is 0. The van der Waals surface area contributed by atoms with Crippen molar-refractivity contribution in [2.75, 3.05) is 16.8 Å². The fourth-order valence-electron chi connectivity index (χ4n) is 1.19. The van der Waals surface area contributed by atoms with E-state index in [9.17, 15) is 9.59 Å². The van der Waals surface area contributed by atoms with Crippen molar-refractivity contribution < 1.29 is 14.7 Å². The molecule has 0 aromatic heterocycles. The number of thioether (sulfide) groups is 1. The van der Waals surface area contributed by atoms with E-state index in [0.717, 1.165) is 11.8 Å². The van der Waals surface area contributed by atoms with E-state index < -0.39 is 11.9 Å². The summed E-state index contributed by atoms with van der Waals surface area (Å²) in [6.07, 6.45) is 0. The number of nitriles is 1. The van der Waals surface area contributed by atoms with E-state index >= 15 is 0 Å². The number of anilines is 1. The van der Waals surface area contributed by atoms with E-state index in [1.165, 1.54) is 18.2 Å². The highest BCUT2D eigenvalue weighted by Gasteiger charge is 2.15. The first-order valence-electron chi connectivity index (χ1n) is 4.82. The molecule has 0 bridgehead atoms. The predicted molar refractivity (Wildman–Crippen MR) is 70.0 cm³/mol. The predicted octanol–water partition coefficient (Wildman–Crippen LogP) is 2.23. The van der Waals surface area contributed by atoms with Crippen LogP contribution in [0.1, 0.15) is 10.4 Å². The maximum atomic E-state index is 11.5. The second-order valence-corrected chi connectivity index (χ2v) is 4.56. The van der Waals surface area contributed by atoms with E-state index in [1.807, 2.05) is 6.07 Å². The largest absolute Gasteiger partial charge is 0.478 e. The summed E-state index contributed by atoms with van der Waals surface area (Å²) in [6, 6.07) is 6.23. The van der Waals surface area contributed by atoms with E-state index in [0.29, 0.717) is 0 Å². The van der Waals surface area contributed by atoms with Crippen LogP contribution in [0.2, 0.25) is 5.02 Å². The van der Waals surface area contributed by atoms with Crippen LogP contribution in [0.15, 0.2) is 18.2 Å². The smallest absolute Gasteiger partial charge is 0.337 e. The van der Waals surface area contributed by atoms with Crippen LogP contribution in [-0.2, 0) is 4.79 Å². The third-order valence-corrected chi connectivity index (χ3v) is 3.02. The lowest BCUT2D eigenvalue weighted by Gasteiger charge is -2.09. The van der Waals surface area contributed by atoms with Crippen molar-refractivity contribution in [2.45, 2.75) is 0 Å². The number of carbonyl (C=O) groups is 2. The Morgan fingerprint density at radius 3 is 2.83 bits per heavy atom. The molecule has 0 aliphatic rings. The Balaban J connectivity index is 2.81. The molecule has 0 spiro atoms. The second-order valence-electron chi connectivity index (χ2n) is 3.17. The Bertz CT molecular complexity index is 514. The molecule has 0 radical (unpaired) electrons. The van der Waals surface area contributed by atoms with Gasteiger partial charge in [0.25, 0.3) is 0 Å². The molecule has 1 aromatic carbocycles. The third kappa shape index (κ3) is 3.95. The second kappa shape index (κ2) is 6.89. The zero-order valence-electron chi connectivity index (χ0n) is 9.14. The molecule has 0 aliphatic heterocycles. The van der Waals surface area contributed by atoms with Gasteiger partial charge < -0.3 is 10.4 Å². The van der Waals surface area contributed by atoms with Gasteiger partial charge in [-0.25, -0.2) is 4.79 Å². The summed E-state index contributed by atoms with van der Waals surface area (Å²) >= 11 is 6.98. The molecular formula is C11H9ClN2O3S. The number of carbonyl (C=O) groups excluding carboxylic acids is 1. The van der Waals surface area contributed by atoms with E-state index in [-0.39, 0.29) is 27.8 Å². The lowest BCUT2D eigenvalue weighted by Crippen LogP contribution is -2.17. The first-order valence-corrected chi connectivity index (χ1v) is 6.36. The minimum absolute atomic E-state index is 0.0673. The Morgan fingerprint density at radius 2 is 2.22 bits per heavy atom. The molecular weight excluding hydrogens is 276 g/mol. The topological polar surface area (TPSA) is 90.2 Å². The van der Waals surface area contributed by atoms with Gasteiger partial charge in [0.1, 0.15) is 0 Å². The summed E-state index contributed by atoms with van der Waals surface area (Å²) in [5, 5.41) is 19.9. The molecule has 0 fully saturated rings. The SMILES string of the molecule is N#CCSCC(=O)Nc1c(Cl)cccc1C(=O)O. The van der Waals surface area contributed by atoms with E-state index in [2.05, 4.69) is 5.32 Å². The Labute approximate surface area is 113 Å². The van der Waals surface area contributed by atoms with Crippen molar-refractivity contribution in [2.24, 2.45) is 0 Å². The Morgan fingerprint density at radius 1 is 1.50 bits per heavy atom. The Hall–Kier alpha value is -1.71. The highest BCUT2D eigenvalue weighted by molar-refractivity contribution is 8.00. The maximum absolute atomic E-state index is 11.5. The number of nitrogens with one attached hydrogen (secondary N) is 1. The number of halogens is 1. The van der Waals surface area contributed by atoms with Crippen molar-refractivity contribution >= 4 is 40.9 Å². The number of rotatable bonds is 5. The van der Waals surface area contributed by atoms with Crippen LogP contribution in [0.5, 0.6) is 0 Å². The first-order chi connectivity index (χ1) is 8.56. The summed E-state index contributed by atoms with van der Waals surface area (Å²) in [5.74, 6) is -1.30. The molecule has 1 amide bonds. The minimum atomic E-state index is -1.17. The summed E-state index contributed by atoms with van der Waals surface area (Å²) < 4.78 is 0. The van der Waals surface area contributed by atoms with Crippen LogP contribution < -0.4 is 5.32 Å². The summed E-state index contributed by atoms with van der Waals surface area (Å²) in [4.78, 5) is 22.5. The number of para-hydroxylation sites is 1.